The lowest BCUT2D eigenvalue weighted by Crippen LogP contribution is -2.22. The number of hydrogen-bond acceptors (Lipinski definition) is 4. The summed E-state index contributed by atoms with van der Waals surface area (Å²) in [7, 11) is 0. The lowest BCUT2D eigenvalue weighted by atomic mass is 10.2. The van der Waals surface area contributed by atoms with Gasteiger partial charge in [0.25, 0.3) is 0 Å². The molecule has 8 nitrogen and oxygen atoms in total. The van der Waals surface area contributed by atoms with E-state index in [1.807, 2.05) is 13.0 Å². The Bertz CT molecular complexity index is 1060. The first kappa shape index (κ1) is 19.9. The van der Waals surface area contributed by atoms with Crippen LogP contribution < -0.4 is 5.32 Å². The largest absolute Gasteiger partial charge is 0.477 e. The standard InChI is InChI=1S/C18H17Cl2N5O3/c1-10-17(22-16(26)9-25-15(18(27)28)5-6-21-25)11(2)24(23-10)8-12-3-4-13(19)7-14(12)20/h3-7H,8-9H2,1-2H3,(H,22,26)(H,27,28). The van der Waals surface area contributed by atoms with Gasteiger partial charge in [0, 0.05) is 16.2 Å². The molecule has 2 aromatic heterocycles. The third-order valence-electron chi connectivity index (χ3n) is 4.21. The van der Waals surface area contributed by atoms with Crippen LogP contribution in [0, 0.1) is 13.8 Å². The van der Waals surface area contributed by atoms with Crippen molar-refractivity contribution in [2.75, 3.05) is 5.32 Å². The van der Waals surface area contributed by atoms with E-state index in [0.29, 0.717) is 28.0 Å². The Labute approximate surface area is 170 Å². The molecule has 0 saturated heterocycles. The highest BCUT2D eigenvalue weighted by molar-refractivity contribution is 6.35. The average Bonchev–Trinajstić information content (AvgIpc) is 3.17. The van der Waals surface area contributed by atoms with Gasteiger partial charge in [0.2, 0.25) is 5.91 Å². The van der Waals surface area contributed by atoms with E-state index in [1.54, 1.807) is 23.7 Å². The number of aryl methyl sites for hydroxylation is 1. The number of carboxylic acids is 1. The van der Waals surface area contributed by atoms with E-state index in [2.05, 4.69) is 15.5 Å². The molecule has 0 aliphatic rings. The zero-order chi connectivity index (χ0) is 20.4. The van der Waals surface area contributed by atoms with E-state index in [-0.39, 0.29) is 12.2 Å². The number of nitrogens with one attached hydrogen (secondary N) is 1. The third kappa shape index (κ3) is 4.18. The Morgan fingerprint density at radius 2 is 1.93 bits per heavy atom. The minimum Gasteiger partial charge on any atom is -0.477 e. The van der Waals surface area contributed by atoms with Gasteiger partial charge < -0.3 is 10.4 Å². The molecule has 3 aromatic rings. The van der Waals surface area contributed by atoms with E-state index in [4.69, 9.17) is 28.3 Å². The van der Waals surface area contributed by atoms with Crippen molar-refractivity contribution in [1.82, 2.24) is 19.6 Å². The molecule has 28 heavy (non-hydrogen) atoms. The zero-order valence-corrected chi connectivity index (χ0v) is 16.6. The van der Waals surface area contributed by atoms with Gasteiger partial charge in [-0.05, 0) is 37.6 Å². The summed E-state index contributed by atoms with van der Waals surface area (Å²) in [5, 5.41) is 21.3. The molecule has 0 atom stereocenters. The summed E-state index contributed by atoms with van der Waals surface area (Å²) in [5.74, 6) is -1.55. The number of nitrogens with zero attached hydrogens (tertiary/aromatic N) is 4. The van der Waals surface area contributed by atoms with Gasteiger partial charge in [0.05, 0.1) is 23.6 Å². The van der Waals surface area contributed by atoms with Crippen LogP contribution in [-0.4, -0.2) is 36.5 Å². The molecule has 146 valence electrons. The monoisotopic (exact) mass is 421 g/mol. The molecule has 0 aliphatic heterocycles. The van der Waals surface area contributed by atoms with Crippen molar-refractivity contribution in [1.29, 1.82) is 0 Å². The highest BCUT2D eigenvalue weighted by Gasteiger charge is 2.18. The van der Waals surface area contributed by atoms with Crippen molar-refractivity contribution in [3.8, 4) is 0 Å². The number of aromatic nitrogens is 4. The molecule has 1 amide bonds. The average molecular weight is 422 g/mol. The Morgan fingerprint density at radius 3 is 2.61 bits per heavy atom. The number of hydrogen-bond donors (Lipinski definition) is 2. The summed E-state index contributed by atoms with van der Waals surface area (Å²) in [5.41, 5.74) is 2.73. The summed E-state index contributed by atoms with van der Waals surface area (Å²) >= 11 is 12.2. The predicted octanol–water partition coefficient (Wildman–Crippen LogP) is 3.39. The number of amides is 1. The van der Waals surface area contributed by atoms with Crippen molar-refractivity contribution < 1.29 is 14.7 Å². The van der Waals surface area contributed by atoms with Crippen LogP contribution in [-0.2, 0) is 17.9 Å². The molecule has 0 bridgehead atoms. The molecule has 0 aliphatic carbocycles. The molecule has 2 N–H and O–H groups in total. The smallest absolute Gasteiger partial charge is 0.354 e. The number of aromatic carboxylic acids is 1. The molecule has 0 saturated carbocycles. The summed E-state index contributed by atoms with van der Waals surface area (Å²) < 4.78 is 2.86. The molecular weight excluding hydrogens is 405 g/mol. The number of anilines is 1. The van der Waals surface area contributed by atoms with Gasteiger partial charge in [-0.1, -0.05) is 29.3 Å². The molecule has 0 spiro atoms. The highest BCUT2D eigenvalue weighted by Crippen LogP contribution is 2.25. The molecule has 0 fully saturated rings. The Hall–Kier alpha value is -2.84. The number of carboxylic acid groups (broad SMARTS) is 1. The summed E-state index contributed by atoms with van der Waals surface area (Å²) in [6, 6.07) is 6.57. The quantitative estimate of drug-likeness (QED) is 0.634. The van der Waals surface area contributed by atoms with E-state index in [0.717, 1.165) is 15.9 Å². The first-order valence-corrected chi connectivity index (χ1v) is 9.04. The zero-order valence-electron chi connectivity index (χ0n) is 15.1. The van der Waals surface area contributed by atoms with Gasteiger partial charge in [0.15, 0.2) is 0 Å². The van der Waals surface area contributed by atoms with Gasteiger partial charge in [-0.25, -0.2) is 9.48 Å². The van der Waals surface area contributed by atoms with Crippen LogP contribution in [0.25, 0.3) is 0 Å². The van der Waals surface area contributed by atoms with Crippen molar-refractivity contribution >= 4 is 40.8 Å². The maximum atomic E-state index is 12.4. The predicted molar refractivity (Wildman–Crippen MR) is 105 cm³/mol. The summed E-state index contributed by atoms with van der Waals surface area (Å²) in [4.78, 5) is 23.5. The maximum Gasteiger partial charge on any atom is 0.354 e. The van der Waals surface area contributed by atoms with E-state index in [9.17, 15) is 9.59 Å². The van der Waals surface area contributed by atoms with Crippen LogP contribution in [0.4, 0.5) is 5.69 Å². The van der Waals surface area contributed by atoms with Crippen molar-refractivity contribution in [3.05, 3.63) is 63.2 Å². The fourth-order valence-electron chi connectivity index (χ4n) is 2.80. The first-order valence-electron chi connectivity index (χ1n) is 8.29. The number of carbonyl (C=O) groups excluding carboxylic acids is 1. The minimum absolute atomic E-state index is 0.0586. The van der Waals surface area contributed by atoms with Gasteiger partial charge in [-0.3, -0.25) is 9.48 Å². The van der Waals surface area contributed by atoms with Crippen LogP contribution in [0.15, 0.2) is 30.5 Å². The number of halogens is 2. The maximum absolute atomic E-state index is 12.4. The Kier molecular flexibility index (Phi) is 5.71. The fourth-order valence-corrected chi connectivity index (χ4v) is 3.27. The topological polar surface area (TPSA) is 102 Å². The van der Waals surface area contributed by atoms with Gasteiger partial charge in [-0.2, -0.15) is 10.2 Å². The van der Waals surface area contributed by atoms with Crippen LogP contribution in [0.5, 0.6) is 0 Å². The second kappa shape index (κ2) is 8.04. The molecule has 10 heteroatoms. The van der Waals surface area contributed by atoms with Crippen molar-refractivity contribution in [3.63, 3.8) is 0 Å². The highest BCUT2D eigenvalue weighted by atomic mass is 35.5. The van der Waals surface area contributed by atoms with Crippen molar-refractivity contribution in [2.45, 2.75) is 26.9 Å². The number of rotatable bonds is 6. The van der Waals surface area contributed by atoms with Crippen molar-refractivity contribution in [2.24, 2.45) is 0 Å². The van der Waals surface area contributed by atoms with E-state index >= 15 is 0 Å². The van der Waals surface area contributed by atoms with Crippen LogP contribution in [0.1, 0.15) is 27.4 Å². The Morgan fingerprint density at radius 1 is 1.18 bits per heavy atom. The van der Waals surface area contributed by atoms with Gasteiger partial charge in [-0.15, -0.1) is 0 Å². The van der Waals surface area contributed by atoms with Crippen LogP contribution in [0.2, 0.25) is 10.0 Å². The minimum atomic E-state index is -1.15. The summed E-state index contributed by atoms with van der Waals surface area (Å²) in [6.07, 6.45) is 1.33. The number of carbonyl (C=O) groups is 2. The lowest BCUT2D eigenvalue weighted by Gasteiger charge is -2.09. The van der Waals surface area contributed by atoms with Gasteiger partial charge in [0.1, 0.15) is 12.2 Å². The van der Waals surface area contributed by atoms with Gasteiger partial charge >= 0.3 is 5.97 Å². The second-order valence-corrected chi connectivity index (χ2v) is 7.01. The van der Waals surface area contributed by atoms with Crippen LogP contribution in [0.3, 0.4) is 0 Å². The molecule has 1 aromatic carbocycles. The van der Waals surface area contributed by atoms with Crippen LogP contribution >= 0.6 is 23.2 Å². The molecule has 0 unspecified atom stereocenters. The fraction of sp³-hybridized carbons (Fsp3) is 0.222. The molecular formula is C18H17Cl2N5O3. The molecule has 0 radical (unpaired) electrons. The third-order valence-corrected chi connectivity index (χ3v) is 4.80. The SMILES string of the molecule is Cc1nn(Cc2ccc(Cl)cc2Cl)c(C)c1NC(=O)Cn1nccc1C(=O)O. The van der Waals surface area contributed by atoms with E-state index < -0.39 is 11.9 Å². The Balaban J connectivity index is 1.77. The summed E-state index contributed by atoms with van der Waals surface area (Å²) in [6.45, 7) is 3.80. The molecule has 2 heterocycles. The normalized spacial score (nSPS) is 10.9. The lowest BCUT2D eigenvalue weighted by molar-refractivity contribution is -0.116. The second-order valence-electron chi connectivity index (χ2n) is 6.17. The first-order chi connectivity index (χ1) is 13.3. The van der Waals surface area contributed by atoms with E-state index in [1.165, 1.54) is 12.3 Å². The molecule has 3 rings (SSSR count). The number of benzene rings is 1.